The van der Waals surface area contributed by atoms with Crippen LogP contribution in [0.25, 0.3) is 11.5 Å². The Labute approximate surface area is 202 Å². The van der Waals surface area contributed by atoms with E-state index in [0.717, 1.165) is 12.1 Å². The number of rotatable bonds is 6. The van der Waals surface area contributed by atoms with Crippen LogP contribution in [-0.2, 0) is 21.2 Å². The molecule has 1 aliphatic heterocycles. The third-order valence-electron chi connectivity index (χ3n) is 5.64. The number of sulfone groups is 1. The van der Waals surface area contributed by atoms with Crippen molar-refractivity contribution in [1.82, 2.24) is 10.2 Å². The Morgan fingerprint density at radius 3 is 2.40 bits per heavy atom. The van der Waals surface area contributed by atoms with Crippen LogP contribution in [0.5, 0.6) is 0 Å². The first-order valence-electron chi connectivity index (χ1n) is 10.4. The Balaban J connectivity index is 1.63. The lowest BCUT2D eigenvalue weighted by Crippen LogP contribution is -2.39. The minimum atomic E-state index is -3.22. The van der Waals surface area contributed by atoms with Gasteiger partial charge in [0.25, 0.3) is 5.89 Å². The predicted octanol–water partition coefficient (Wildman–Crippen LogP) is 4.96. The highest BCUT2D eigenvalue weighted by Gasteiger charge is 2.32. The number of carbonyl (C=O) groups is 1. The van der Waals surface area contributed by atoms with Gasteiger partial charge in [-0.05, 0) is 43.2 Å². The van der Waals surface area contributed by atoms with Gasteiger partial charge in [0.1, 0.15) is 21.5 Å². The maximum Gasteiger partial charge on any atom is 0.314 e. The highest BCUT2D eigenvalue weighted by molar-refractivity contribution is 7.91. The van der Waals surface area contributed by atoms with Crippen LogP contribution in [0.15, 0.2) is 40.8 Å². The van der Waals surface area contributed by atoms with Crippen molar-refractivity contribution < 1.29 is 35.2 Å². The van der Waals surface area contributed by atoms with Crippen molar-refractivity contribution in [2.24, 2.45) is 5.92 Å². The van der Waals surface area contributed by atoms with Crippen molar-refractivity contribution in [3.63, 3.8) is 0 Å². The van der Waals surface area contributed by atoms with Gasteiger partial charge >= 0.3 is 6.43 Å². The molecule has 1 saturated heterocycles. The van der Waals surface area contributed by atoms with Crippen molar-refractivity contribution in [2.45, 2.75) is 25.8 Å². The lowest BCUT2D eigenvalue weighted by molar-refractivity contribution is -0.122. The van der Waals surface area contributed by atoms with Gasteiger partial charge < -0.3 is 9.32 Å². The van der Waals surface area contributed by atoms with Crippen molar-refractivity contribution in [1.29, 1.82) is 0 Å². The van der Waals surface area contributed by atoms with E-state index in [2.05, 4.69) is 10.2 Å². The highest BCUT2D eigenvalue weighted by atomic mass is 35.5. The second-order valence-corrected chi connectivity index (χ2v) is 10.7. The fourth-order valence-electron chi connectivity index (χ4n) is 3.73. The Hall–Kier alpha value is -2.99. The molecule has 7 nitrogen and oxygen atoms in total. The molecule has 0 N–H and O–H groups in total. The molecule has 0 saturated carbocycles. The van der Waals surface area contributed by atoms with Gasteiger partial charge in [-0.2, -0.15) is 8.78 Å². The van der Waals surface area contributed by atoms with Crippen LogP contribution < -0.4 is 4.90 Å². The molecule has 1 amide bonds. The number of nitrogens with zero attached hydrogens (tertiary/aromatic N) is 3. The van der Waals surface area contributed by atoms with E-state index in [1.165, 1.54) is 29.2 Å². The molecule has 35 heavy (non-hydrogen) atoms. The molecule has 0 bridgehead atoms. The van der Waals surface area contributed by atoms with Gasteiger partial charge in [0.05, 0.1) is 23.1 Å². The number of hydrogen-bond donors (Lipinski definition) is 0. The molecule has 2 aromatic carbocycles. The molecular formula is C22H18ClF4N3O4S. The summed E-state index contributed by atoms with van der Waals surface area (Å²) >= 11 is 5.89. The molecular weight excluding hydrogens is 514 g/mol. The van der Waals surface area contributed by atoms with E-state index < -0.39 is 45.6 Å². The van der Waals surface area contributed by atoms with Gasteiger partial charge in [-0.1, -0.05) is 17.7 Å². The highest BCUT2D eigenvalue weighted by Crippen LogP contribution is 2.30. The van der Waals surface area contributed by atoms with Crippen molar-refractivity contribution >= 4 is 33.0 Å². The zero-order valence-corrected chi connectivity index (χ0v) is 19.5. The van der Waals surface area contributed by atoms with Gasteiger partial charge in [-0.3, -0.25) is 4.79 Å². The molecule has 0 radical (unpaired) electrons. The van der Waals surface area contributed by atoms with Crippen LogP contribution in [0.2, 0.25) is 5.02 Å². The SMILES string of the molecule is O=C(C1CCS(=O)(=O)CC1)N(Cc1ccc(-c2nnc(C(F)F)o2)cc1F)c1ccc(F)c(Cl)c1. The summed E-state index contributed by atoms with van der Waals surface area (Å²) in [5.41, 5.74) is 0.321. The largest absolute Gasteiger partial charge is 0.415 e. The average Bonchev–Trinajstić information content (AvgIpc) is 3.31. The number of carbonyl (C=O) groups excluding carboxylic acids is 1. The van der Waals surface area contributed by atoms with Crippen LogP contribution in [0.3, 0.4) is 0 Å². The van der Waals surface area contributed by atoms with Gasteiger partial charge in [0.2, 0.25) is 11.8 Å². The van der Waals surface area contributed by atoms with E-state index in [9.17, 15) is 30.8 Å². The summed E-state index contributed by atoms with van der Waals surface area (Å²) in [5, 5.41) is 6.44. The first-order valence-corrected chi connectivity index (χ1v) is 12.6. The summed E-state index contributed by atoms with van der Waals surface area (Å²) in [7, 11) is -3.22. The molecule has 1 aromatic heterocycles. The number of benzene rings is 2. The summed E-state index contributed by atoms with van der Waals surface area (Å²) in [6.07, 6.45) is -2.76. The predicted molar refractivity (Wildman–Crippen MR) is 119 cm³/mol. The second-order valence-electron chi connectivity index (χ2n) is 8.00. The minimum absolute atomic E-state index is 0.0552. The number of hydrogen-bond acceptors (Lipinski definition) is 6. The molecule has 1 fully saturated rings. The van der Waals surface area contributed by atoms with Crippen LogP contribution in [-0.4, -0.2) is 36.0 Å². The van der Waals surface area contributed by atoms with E-state index in [4.69, 9.17) is 16.0 Å². The number of aromatic nitrogens is 2. The summed E-state index contributed by atoms with van der Waals surface area (Å²) < 4.78 is 82.5. The Kier molecular flexibility index (Phi) is 7.13. The number of amides is 1. The minimum Gasteiger partial charge on any atom is -0.415 e. The maximum atomic E-state index is 15.0. The number of alkyl halides is 2. The second kappa shape index (κ2) is 9.94. The fourth-order valence-corrected chi connectivity index (χ4v) is 5.39. The van der Waals surface area contributed by atoms with Gasteiger partial charge in [0.15, 0.2) is 0 Å². The van der Waals surface area contributed by atoms with E-state index in [-0.39, 0.29) is 58.6 Å². The summed E-state index contributed by atoms with van der Waals surface area (Å²) in [6.45, 7) is -0.276. The third kappa shape index (κ3) is 5.64. The first kappa shape index (κ1) is 25.1. The zero-order chi connectivity index (χ0) is 25.3. The number of halogens is 5. The summed E-state index contributed by atoms with van der Waals surface area (Å²) in [4.78, 5) is 14.6. The molecule has 3 aromatic rings. The van der Waals surface area contributed by atoms with Gasteiger partial charge in [0, 0.05) is 22.7 Å². The Bertz CT molecular complexity index is 1350. The fraction of sp³-hybridized carbons (Fsp3) is 0.318. The lowest BCUT2D eigenvalue weighted by Gasteiger charge is -2.30. The third-order valence-corrected chi connectivity index (χ3v) is 7.65. The van der Waals surface area contributed by atoms with Crippen LogP contribution in [0, 0.1) is 17.6 Å². The standard InChI is InChI=1S/C22H18ClF4N3O4S/c23-16-10-15(3-4-17(16)24)30(22(31)12-5-7-35(32,33)8-6-12)11-14-2-1-13(9-18(14)25)20-28-29-21(34-20)19(26)27/h1-4,9-10,12,19H,5-8,11H2. The van der Waals surface area contributed by atoms with E-state index >= 15 is 0 Å². The van der Waals surface area contributed by atoms with Crippen molar-refractivity contribution in [3.05, 3.63) is 64.5 Å². The van der Waals surface area contributed by atoms with E-state index in [1.54, 1.807) is 0 Å². The Morgan fingerprint density at radius 2 is 1.80 bits per heavy atom. The first-order chi connectivity index (χ1) is 16.5. The zero-order valence-electron chi connectivity index (χ0n) is 17.9. The van der Waals surface area contributed by atoms with Crippen LogP contribution >= 0.6 is 11.6 Å². The van der Waals surface area contributed by atoms with Crippen molar-refractivity contribution in [2.75, 3.05) is 16.4 Å². The molecule has 13 heteroatoms. The van der Waals surface area contributed by atoms with Crippen LogP contribution in [0.4, 0.5) is 23.2 Å². The lowest BCUT2D eigenvalue weighted by atomic mass is 10.00. The van der Waals surface area contributed by atoms with Crippen molar-refractivity contribution in [3.8, 4) is 11.5 Å². The van der Waals surface area contributed by atoms with Gasteiger partial charge in [-0.15, -0.1) is 10.2 Å². The average molecular weight is 532 g/mol. The van der Waals surface area contributed by atoms with Crippen LogP contribution in [0.1, 0.15) is 30.7 Å². The molecule has 0 unspecified atom stereocenters. The molecule has 0 atom stereocenters. The molecule has 1 aliphatic rings. The van der Waals surface area contributed by atoms with E-state index in [0.29, 0.717) is 0 Å². The summed E-state index contributed by atoms with van der Waals surface area (Å²) in [6, 6.07) is 7.31. The molecule has 0 aliphatic carbocycles. The quantitative estimate of drug-likeness (QED) is 0.417. The number of anilines is 1. The normalized spacial score (nSPS) is 15.9. The molecule has 0 spiro atoms. The smallest absolute Gasteiger partial charge is 0.314 e. The Morgan fingerprint density at radius 1 is 1.09 bits per heavy atom. The maximum absolute atomic E-state index is 15.0. The summed E-state index contributed by atoms with van der Waals surface area (Å²) in [5.74, 6) is -4.05. The molecule has 2 heterocycles. The monoisotopic (exact) mass is 531 g/mol. The topological polar surface area (TPSA) is 93.4 Å². The van der Waals surface area contributed by atoms with E-state index in [1.807, 2.05) is 0 Å². The molecule has 186 valence electrons. The molecule has 4 rings (SSSR count). The van der Waals surface area contributed by atoms with Gasteiger partial charge in [-0.25, -0.2) is 17.2 Å².